The molecule has 3 aromatic carbocycles. The Morgan fingerprint density at radius 2 is 1.68 bits per heavy atom. The molecule has 3 nitrogen and oxygen atoms in total. The third-order valence-corrected chi connectivity index (χ3v) is 9.60. The quantitative estimate of drug-likeness (QED) is 0.197. The van der Waals surface area contributed by atoms with Gasteiger partial charge in [0.1, 0.15) is 18.7 Å². The zero-order chi connectivity index (χ0) is 27.7. The molecule has 0 aliphatic carbocycles. The minimum Gasteiger partial charge on any atom is -1.00 e. The topological polar surface area (TPSA) is 22.1 Å². The van der Waals surface area contributed by atoms with Crippen LogP contribution in [0.25, 0.3) is 10.9 Å². The number of pyridine rings is 1. The second kappa shape index (κ2) is 12.2. The van der Waals surface area contributed by atoms with Gasteiger partial charge in [0, 0.05) is 35.9 Å². The van der Waals surface area contributed by atoms with Crippen molar-refractivity contribution in [1.82, 2.24) is 4.98 Å². The summed E-state index contributed by atoms with van der Waals surface area (Å²) in [5.41, 5.74) is 6.44. The lowest BCUT2D eigenvalue weighted by atomic mass is 9.71. The Morgan fingerprint density at radius 3 is 2.41 bits per heavy atom. The molecule has 4 heteroatoms. The summed E-state index contributed by atoms with van der Waals surface area (Å²) in [6, 6.07) is 31.2. The average Bonchev–Trinajstić information content (AvgIpc) is 2.98. The number of hydrogen-bond donors (Lipinski definition) is 0. The average molecular weight is 612 g/mol. The standard InChI is InChI=1S/C37H43N2O.BrH/c1-5-29-25-39(24-27-11-7-6-8-12-27)22-20-30(29)23-35(39)36(33-19-21-38-34-14-10-9-13-32(33)34)40-26-28-15-17-31(18-16-28)37(2,3)4;/h5-19,21,29-30,35-36H,1,20,22-26H2,2-4H3;1H/q+1;/p-1/t29-,30-,35+,36-,39?;/m0./s1. The van der Waals surface area contributed by atoms with Gasteiger partial charge >= 0.3 is 0 Å². The molecule has 0 N–H and O–H groups in total. The molecule has 0 amide bonds. The number of piperidine rings is 3. The number of nitrogens with zero attached hydrogens (tertiary/aromatic N) is 2. The van der Waals surface area contributed by atoms with Gasteiger partial charge in [0.05, 0.1) is 25.2 Å². The SMILES string of the molecule is C=C[C@H]1C[N+]2(Cc3ccccc3)CC[C@H]1C[C@@H]2[C@@H](OCc1ccc(C(C)(C)C)cc1)c1ccnc2ccccc12.[Br-]. The molecule has 0 spiro atoms. The van der Waals surface area contributed by atoms with Gasteiger partial charge in [-0.15, -0.1) is 6.58 Å². The van der Waals surface area contributed by atoms with Crippen molar-refractivity contribution in [3.05, 3.63) is 126 Å². The molecule has 3 aliphatic rings. The molecule has 7 rings (SSSR count). The van der Waals surface area contributed by atoms with Crippen LogP contribution in [0.1, 0.15) is 62.0 Å². The largest absolute Gasteiger partial charge is 1.00 e. The molecule has 5 atom stereocenters. The van der Waals surface area contributed by atoms with Crippen molar-refractivity contribution in [2.75, 3.05) is 13.1 Å². The number of aromatic nitrogens is 1. The van der Waals surface area contributed by atoms with E-state index in [2.05, 4.69) is 118 Å². The minimum absolute atomic E-state index is 0. The fourth-order valence-electron chi connectivity index (χ4n) is 7.37. The molecule has 4 heterocycles. The van der Waals surface area contributed by atoms with E-state index in [1.807, 2.05) is 6.20 Å². The normalized spacial score (nSPS) is 24.5. The first kappa shape index (κ1) is 29.7. The minimum atomic E-state index is -0.0209. The molecular formula is C37H43BrN2O. The zero-order valence-electron chi connectivity index (χ0n) is 24.7. The van der Waals surface area contributed by atoms with Gasteiger partial charge in [0.2, 0.25) is 0 Å². The Balaban J connectivity index is 0.00000337. The molecule has 3 fully saturated rings. The fourth-order valence-corrected chi connectivity index (χ4v) is 7.37. The first-order chi connectivity index (χ1) is 19.4. The van der Waals surface area contributed by atoms with Gasteiger partial charge in [-0.05, 0) is 40.2 Å². The fraction of sp³-hybridized carbons (Fsp3) is 0.378. The number of rotatable bonds is 8. The van der Waals surface area contributed by atoms with Crippen LogP contribution in [-0.4, -0.2) is 28.6 Å². The third-order valence-electron chi connectivity index (χ3n) is 9.60. The van der Waals surface area contributed by atoms with Gasteiger partial charge in [0.15, 0.2) is 0 Å². The maximum absolute atomic E-state index is 7.10. The summed E-state index contributed by atoms with van der Waals surface area (Å²) < 4.78 is 8.16. The Hall–Kier alpha value is -2.79. The monoisotopic (exact) mass is 610 g/mol. The van der Waals surface area contributed by atoms with Crippen LogP contribution in [0.4, 0.5) is 0 Å². The highest BCUT2D eigenvalue weighted by Crippen LogP contribution is 2.49. The zero-order valence-corrected chi connectivity index (χ0v) is 26.3. The summed E-state index contributed by atoms with van der Waals surface area (Å²) in [4.78, 5) is 4.70. The van der Waals surface area contributed by atoms with Crippen molar-refractivity contribution in [1.29, 1.82) is 0 Å². The third kappa shape index (κ3) is 6.07. The second-order valence-electron chi connectivity index (χ2n) is 13.1. The van der Waals surface area contributed by atoms with E-state index >= 15 is 0 Å². The van der Waals surface area contributed by atoms with Crippen LogP contribution in [0.3, 0.4) is 0 Å². The van der Waals surface area contributed by atoms with Crippen LogP contribution in [0, 0.1) is 11.8 Å². The van der Waals surface area contributed by atoms with E-state index in [0.29, 0.717) is 24.5 Å². The van der Waals surface area contributed by atoms with E-state index in [-0.39, 0.29) is 28.5 Å². The van der Waals surface area contributed by atoms with Crippen molar-refractivity contribution in [2.24, 2.45) is 11.8 Å². The van der Waals surface area contributed by atoms with Gasteiger partial charge < -0.3 is 26.2 Å². The first-order valence-corrected chi connectivity index (χ1v) is 14.9. The highest BCUT2D eigenvalue weighted by Gasteiger charge is 2.54. The number of quaternary nitrogens is 1. The van der Waals surface area contributed by atoms with Crippen LogP contribution < -0.4 is 17.0 Å². The highest BCUT2D eigenvalue weighted by molar-refractivity contribution is 5.82. The summed E-state index contributed by atoms with van der Waals surface area (Å²) in [6.45, 7) is 15.0. The molecular weight excluding hydrogens is 568 g/mol. The smallest absolute Gasteiger partial charge is 0.135 e. The Kier molecular flexibility index (Phi) is 8.84. The van der Waals surface area contributed by atoms with Crippen LogP contribution in [0.5, 0.6) is 0 Å². The molecule has 214 valence electrons. The molecule has 41 heavy (non-hydrogen) atoms. The van der Waals surface area contributed by atoms with E-state index in [1.165, 1.54) is 40.6 Å². The maximum Gasteiger partial charge on any atom is 0.135 e. The van der Waals surface area contributed by atoms with Gasteiger partial charge in [-0.1, -0.05) is 99.6 Å². The summed E-state index contributed by atoms with van der Waals surface area (Å²) in [5.74, 6) is 1.23. The van der Waals surface area contributed by atoms with Crippen LogP contribution in [0.2, 0.25) is 0 Å². The summed E-state index contributed by atoms with van der Waals surface area (Å²) in [5, 5.41) is 1.21. The first-order valence-electron chi connectivity index (χ1n) is 14.9. The van der Waals surface area contributed by atoms with Crippen molar-refractivity contribution in [3.63, 3.8) is 0 Å². The second-order valence-corrected chi connectivity index (χ2v) is 13.1. The van der Waals surface area contributed by atoms with E-state index in [0.717, 1.165) is 29.5 Å². The highest BCUT2D eigenvalue weighted by atomic mass is 79.9. The number of fused-ring (bicyclic) bond motifs is 4. The maximum atomic E-state index is 7.10. The van der Waals surface area contributed by atoms with Gasteiger partial charge in [0.25, 0.3) is 0 Å². The van der Waals surface area contributed by atoms with E-state index in [4.69, 9.17) is 9.72 Å². The molecule has 0 saturated carbocycles. The summed E-state index contributed by atoms with van der Waals surface area (Å²) >= 11 is 0. The lowest BCUT2D eigenvalue weighted by molar-refractivity contribution is -0.985. The van der Waals surface area contributed by atoms with Crippen molar-refractivity contribution < 1.29 is 26.2 Å². The van der Waals surface area contributed by atoms with Crippen molar-refractivity contribution >= 4 is 10.9 Å². The van der Waals surface area contributed by atoms with Crippen LogP contribution >= 0.6 is 0 Å². The molecule has 1 unspecified atom stereocenters. The predicted octanol–water partition coefficient (Wildman–Crippen LogP) is 5.41. The Morgan fingerprint density at radius 1 is 0.951 bits per heavy atom. The lowest BCUT2D eigenvalue weighted by Gasteiger charge is -2.58. The number of halogens is 1. The molecule has 4 aromatic rings. The molecule has 0 radical (unpaired) electrons. The van der Waals surface area contributed by atoms with Gasteiger partial charge in [-0.3, -0.25) is 4.98 Å². The summed E-state index contributed by atoms with van der Waals surface area (Å²) in [7, 11) is 0. The van der Waals surface area contributed by atoms with Crippen molar-refractivity contribution in [3.8, 4) is 0 Å². The van der Waals surface area contributed by atoms with Gasteiger partial charge in [-0.25, -0.2) is 0 Å². The van der Waals surface area contributed by atoms with E-state index in [9.17, 15) is 0 Å². The van der Waals surface area contributed by atoms with Crippen LogP contribution in [0.15, 0.2) is 104 Å². The molecule has 2 bridgehead atoms. The predicted molar refractivity (Wildman–Crippen MR) is 165 cm³/mol. The van der Waals surface area contributed by atoms with Gasteiger partial charge in [-0.2, -0.15) is 0 Å². The number of benzene rings is 3. The Labute approximate surface area is 256 Å². The van der Waals surface area contributed by atoms with Crippen LogP contribution in [-0.2, 0) is 23.3 Å². The molecule has 1 aromatic heterocycles. The molecule has 3 aliphatic heterocycles. The van der Waals surface area contributed by atoms with Crippen molar-refractivity contribution in [2.45, 2.75) is 64.3 Å². The number of ether oxygens (including phenoxy) is 1. The number of para-hydroxylation sites is 1. The summed E-state index contributed by atoms with van der Waals surface area (Å²) in [6.07, 6.45) is 6.60. The lowest BCUT2D eigenvalue weighted by Crippen LogP contribution is -3.00. The van der Waals surface area contributed by atoms with E-state index in [1.54, 1.807) is 0 Å². The molecule has 3 saturated heterocycles. The number of hydrogen-bond acceptors (Lipinski definition) is 2. The Bertz CT molecular complexity index is 1460. The van der Waals surface area contributed by atoms with E-state index < -0.39 is 0 Å².